The maximum Gasteiger partial charge on any atom is 0.247 e. The number of nitrogens with zero attached hydrogens (tertiary/aromatic N) is 3. The number of nitrogens with one attached hydrogen (secondary N) is 1. The molecule has 128 valence electrons. The van der Waals surface area contributed by atoms with Gasteiger partial charge < -0.3 is 4.52 Å². The lowest BCUT2D eigenvalue weighted by atomic mass is 10.2. The molecule has 0 aliphatic heterocycles. The quantitative estimate of drug-likeness (QED) is 0.467. The van der Waals surface area contributed by atoms with Gasteiger partial charge in [0, 0.05) is 11.5 Å². The minimum atomic E-state index is 0.794. The molecule has 0 aliphatic carbocycles. The lowest BCUT2D eigenvalue weighted by molar-refractivity contribution is -0.567. The molecule has 6 rings (SSSR count). The molecular formula is C21H14N4OS+2. The van der Waals surface area contributed by atoms with Crippen molar-refractivity contribution in [2.45, 2.75) is 0 Å². The monoisotopic (exact) mass is 370 g/mol. The third-order valence-electron chi connectivity index (χ3n) is 4.83. The zero-order valence-corrected chi connectivity index (χ0v) is 15.0. The van der Waals surface area contributed by atoms with Crippen LogP contribution in [0, 0.1) is 0 Å². The van der Waals surface area contributed by atoms with Gasteiger partial charge in [-0.15, -0.1) is 3.96 Å². The fraction of sp³-hybridized carbons (Fsp3) is 0. The molecule has 0 bridgehead atoms. The van der Waals surface area contributed by atoms with Crippen LogP contribution in [0.2, 0.25) is 0 Å². The number of rotatable bonds is 2. The van der Waals surface area contributed by atoms with Crippen LogP contribution in [-0.4, -0.2) is 10.1 Å². The number of hydrogen-bond donors (Lipinski definition) is 1. The first-order valence-electron chi connectivity index (χ1n) is 8.64. The van der Waals surface area contributed by atoms with Crippen LogP contribution in [-0.2, 0) is 0 Å². The van der Waals surface area contributed by atoms with Crippen molar-refractivity contribution >= 4 is 43.6 Å². The zero-order chi connectivity index (χ0) is 17.8. The van der Waals surface area contributed by atoms with Gasteiger partial charge in [-0.2, -0.15) is 4.57 Å². The number of aromatic amines is 1. The van der Waals surface area contributed by atoms with Crippen LogP contribution in [0.3, 0.4) is 0 Å². The van der Waals surface area contributed by atoms with E-state index < -0.39 is 0 Å². The van der Waals surface area contributed by atoms with Gasteiger partial charge in [0.2, 0.25) is 12.0 Å². The van der Waals surface area contributed by atoms with E-state index >= 15 is 0 Å². The molecule has 0 unspecified atom stereocenters. The maximum atomic E-state index is 5.20. The van der Waals surface area contributed by atoms with Crippen LogP contribution in [0.15, 0.2) is 83.9 Å². The zero-order valence-electron chi connectivity index (χ0n) is 14.2. The van der Waals surface area contributed by atoms with Crippen LogP contribution >= 0.6 is 11.5 Å². The minimum Gasteiger partial charge on any atom is -0.356 e. The summed E-state index contributed by atoms with van der Waals surface area (Å²) in [5.74, 6) is 0. The summed E-state index contributed by atoms with van der Waals surface area (Å²) in [6.07, 6.45) is 5.90. The number of imidazole rings is 1. The summed E-state index contributed by atoms with van der Waals surface area (Å²) in [7, 11) is 0. The van der Waals surface area contributed by atoms with Crippen LogP contribution in [0.4, 0.5) is 0 Å². The molecule has 0 amide bonds. The van der Waals surface area contributed by atoms with E-state index in [9.17, 15) is 0 Å². The predicted molar refractivity (Wildman–Crippen MR) is 104 cm³/mol. The molecule has 0 atom stereocenters. The summed E-state index contributed by atoms with van der Waals surface area (Å²) in [5.41, 5.74) is 5.22. The van der Waals surface area contributed by atoms with Gasteiger partial charge in [0.15, 0.2) is 22.8 Å². The van der Waals surface area contributed by atoms with Gasteiger partial charge in [-0.25, -0.2) is 4.98 Å². The summed E-state index contributed by atoms with van der Waals surface area (Å²) in [5, 5.41) is 6.10. The van der Waals surface area contributed by atoms with E-state index in [1.807, 2.05) is 18.5 Å². The van der Waals surface area contributed by atoms with Gasteiger partial charge in [0.25, 0.3) is 0 Å². The van der Waals surface area contributed by atoms with Gasteiger partial charge in [-0.1, -0.05) is 17.3 Å². The average molecular weight is 370 g/mol. The molecule has 0 saturated carbocycles. The third kappa shape index (κ3) is 2.27. The summed E-state index contributed by atoms with van der Waals surface area (Å²) < 4.78 is 10.8. The fourth-order valence-electron chi connectivity index (χ4n) is 3.47. The molecule has 3 aromatic carbocycles. The van der Waals surface area contributed by atoms with E-state index in [1.165, 1.54) is 10.1 Å². The molecule has 0 fully saturated rings. The summed E-state index contributed by atoms with van der Waals surface area (Å²) >= 11 is 1.74. The first kappa shape index (κ1) is 14.6. The largest absolute Gasteiger partial charge is 0.356 e. The van der Waals surface area contributed by atoms with Crippen LogP contribution in [0.25, 0.3) is 43.5 Å². The Hall–Kier alpha value is -3.51. The van der Waals surface area contributed by atoms with Crippen molar-refractivity contribution in [1.82, 2.24) is 10.1 Å². The van der Waals surface area contributed by atoms with Crippen molar-refractivity contribution in [3.63, 3.8) is 0 Å². The van der Waals surface area contributed by atoms with Crippen molar-refractivity contribution in [1.29, 1.82) is 0 Å². The van der Waals surface area contributed by atoms with Crippen LogP contribution < -0.4 is 8.52 Å². The molecular weight excluding hydrogens is 356 g/mol. The summed E-state index contributed by atoms with van der Waals surface area (Å²) in [4.78, 5) is 3.39. The lowest BCUT2D eigenvalue weighted by Crippen LogP contribution is -2.28. The molecule has 0 aliphatic rings. The molecule has 6 heteroatoms. The molecule has 0 saturated heterocycles. The van der Waals surface area contributed by atoms with Crippen molar-refractivity contribution in [2.75, 3.05) is 0 Å². The second-order valence-electron chi connectivity index (χ2n) is 6.48. The smallest absolute Gasteiger partial charge is 0.247 e. The highest BCUT2D eigenvalue weighted by Crippen LogP contribution is 2.20. The van der Waals surface area contributed by atoms with Crippen molar-refractivity contribution < 1.29 is 13.0 Å². The Morgan fingerprint density at radius 1 is 0.926 bits per heavy atom. The highest BCUT2D eigenvalue weighted by molar-refractivity contribution is 7.09. The van der Waals surface area contributed by atoms with Gasteiger partial charge in [0.05, 0.1) is 17.6 Å². The molecule has 0 spiro atoms. The topological polar surface area (TPSA) is 49.6 Å². The number of H-pyrrole nitrogens is 1. The van der Waals surface area contributed by atoms with Gasteiger partial charge in [-0.3, -0.25) is 0 Å². The molecule has 6 aromatic rings. The molecule has 0 radical (unpaired) electrons. The second kappa shape index (κ2) is 5.49. The first-order chi connectivity index (χ1) is 13.3. The fourth-order valence-corrected chi connectivity index (χ4v) is 4.43. The number of benzene rings is 3. The van der Waals surface area contributed by atoms with E-state index in [4.69, 9.17) is 4.52 Å². The Balaban J connectivity index is 1.48. The summed E-state index contributed by atoms with van der Waals surface area (Å²) in [6, 6.07) is 21.0. The van der Waals surface area contributed by atoms with Crippen LogP contribution in [0.1, 0.15) is 0 Å². The molecule has 1 N–H and O–H groups in total. The van der Waals surface area contributed by atoms with Crippen molar-refractivity contribution in [3.05, 3.63) is 79.4 Å². The highest BCUT2D eigenvalue weighted by atomic mass is 32.1. The van der Waals surface area contributed by atoms with E-state index in [1.54, 1.807) is 17.7 Å². The van der Waals surface area contributed by atoms with E-state index in [0.717, 1.165) is 33.4 Å². The number of hydrogen-bond acceptors (Lipinski definition) is 3. The van der Waals surface area contributed by atoms with Crippen LogP contribution in [0.5, 0.6) is 0 Å². The van der Waals surface area contributed by atoms with Crippen molar-refractivity contribution in [2.24, 2.45) is 0 Å². The lowest BCUT2D eigenvalue weighted by Gasteiger charge is -1.97. The van der Waals surface area contributed by atoms with Gasteiger partial charge >= 0.3 is 0 Å². The van der Waals surface area contributed by atoms with E-state index in [-0.39, 0.29) is 0 Å². The van der Waals surface area contributed by atoms with E-state index in [0.29, 0.717) is 0 Å². The van der Waals surface area contributed by atoms with Gasteiger partial charge in [0.1, 0.15) is 21.9 Å². The highest BCUT2D eigenvalue weighted by Gasteiger charge is 2.18. The SMILES string of the molecule is c1ccc2s[n+](-c3ccc4c(c3)[nH]c[n+]4-c3ccc4oncc4c3)cc2c1. The molecule has 5 nitrogen and oxygen atoms in total. The second-order valence-corrected chi connectivity index (χ2v) is 7.49. The van der Waals surface area contributed by atoms with Crippen molar-refractivity contribution in [3.8, 4) is 11.4 Å². The third-order valence-corrected chi connectivity index (χ3v) is 5.91. The predicted octanol–water partition coefficient (Wildman–Crippen LogP) is 4.08. The molecule has 3 aromatic heterocycles. The molecule has 27 heavy (non-hydrogen) atoms. The first-order valence-corrected chi connectivity index (χ1v) is 9.41. The average Bonchev–Trinajstić information content (AvgIpc) is 3.43. The molecule has 3 heterocycles. The standard InChI is InChI=1S/C21H13N4OS/c1-2-4-21-14(3-1)12-25(27-21)17-5-7-19-18(10-17)22-13-24(19)16-6-8-20-15(9-16)11-23-26-20/h1-13H/q+1/p+1. The van der Waals surface area contributed by atoms with E-state index in [2.05, 4.69) is 73.4 Å². The minimum absolute atomic E-state index is 0.794. The Bertz CT molecular complexity index is 1410. The Morgan fingerprint density at radius 3 is 2.81 bits per heavy atom. The number of fused-ring (bicyclic) bond motifs is 3. The normalized spacial score (nSPS) is 11.7. The Labute approximate surface area is 157 Å². The summed E-state index contributed by atoms with van der Waals surface area (Å²) in [6.45, 7) is 0. The van der Waals surface area contributed by atoms with Gasteiger partial charge in [-0.05, 0) is 36.4 Å². The number of aromatic nitrogens is 4. The maximum absolute atomic E-state index is 5.20. The Morgan fingerprint density at radius 2 is 1.85 bits per heavy atom. The Kier molecular flexibility index (Phi) is 2.98.